The lowest BCUT2D eigenvalue weighted by Crippen LogP contribution is -2.47. The Morgan fingerprint density at radius 1 is 1.47 bits per heavy atom. The summed E-state index contributed by atoms with van der Waals surface area (Å²) in [6, 6.07) is 0.947. The third-order valence-electron chi connectivity index (χ3n) is 3.96. The topological polar surface area (TPSA) is 59.0 Å². The largest absolute Gasteiger partial charge is 0.350 e. The van der Waals surface area contributed by atoms with Crippen LogP contribution in [0.3, 0.4) is 0 Å². The van der Waals surface area contributed by atoms with Crippen LogP contribution in [-0.4, -0.2) is 34.3 Å². The summed E-state index contributed by atoms with van der Waals surface area (Å²) in [6.07, 6.45) is 3.60. The van der Waals surface area contributed by atoms with Gasteiger partial charge in [0.25, 0.3) is 5.91 Å². The van der Waals surface area contributed by atoms with E-state index in [2.05, 4.69) is 22.7 Å². The quantitative estimate of drug-likeness (QED) is 0.865. The fourth-order valence-electron chi connectivity index (χ4n) is 2.81. The molecule has 1 aromatic rings. The van der Waals surface area contributed by atoms with Gasteiger partial charge >= 0.3 is 0 Å². The molecule has 1 aliphatic rings. The molecule has 5 heteroatoms. The molecule has 1 aliphatic heterocycles. The fraction of sp³-hybridized carbons (Fsp3) is 0.714. The van der Waals surface area contributed by atoms with Gasteiger partial charge in [-0.2, -0.15) is 5.10 Å². The summed E-state index contributed by atoms with van der Waals surface area (Å²) < 4.78 is 1.76. The molecule has 0 saturated carbocycles. The normalized spacial score (nSPS) is 23.4. The highest BCUT2D eigenvalue weighted by Gasteiger charge is 2.21. The Kier molecular flexibility index (Phi) is 4.24. The van der Waals surface area contributed by atoms with E-state index in [1.54, 1.807) is 4.68 Å². The van der Waals surface area contributed by atoms with E-state index in [0.717, 1.165) is 17.8 Å². The van der Waals surface area contributed by atoms with Crippen LogP contribution in [0.15, 0.2) is 0 Å². The van der Waals surface area contributed by atoms with E-state index < -0.39 is 0 Å². The molecule has 5 nitrogen and oxygen atoms in total. The van der Waals surface area contributed by atoms with Gasteiger partial charge in [0.1, 0.15) is 0 Å². The first kappa shape index (κ1) is 14.1. The third kappa shape index (κ3) is 3.15. The lowest BCUT2D eigenvalue weighted by Gasteiger charge is -2.28. The van der Waals surface area contributed by atoms with Gasteiger partial charge in [0.05, 0.1) is 11.3 Å². The average molecular weight is 264 g/mol. The lowest BCUT2D eigenvalue weighted by molar-refractivity contribution is 0.0945. The summed E-state index contributed by atoms with van der Waals surface area (Å²) >= 11 is 0. The summed E-state index contributed by atoms with van der Waals surface area (Å²) in [7, 11) is 1.86. The Bertz CT molecular complexity index is 466. The molecule has 1 aromatic heterocycles. The SMILES string of the molecule is Cc1nn(C)c(C)c1C(=O)NCC1CCCC(C)N1. The van der Waals surface area contributed by atoms with Crippen LogP contribution >= 0.6 is 0 Å². The number of amides is 1. The molecule has 2 unspecified atom stereocenters. The maximum Gasteiger partial charge on any atom is 0.255 e. The van der Waals surface area contributed by atoms with Gasteiger partial charge in [-0.05, 0) is 33.6 Å². The molecule has 0 spiro atoms. The number of hydrogen-bond acceptors (Lipinski definition) is 3. The van der Waals surface area contributed by atoms with E-state index in [0.29, 0.717) is 24.2 Å². The second-order valence-electron chi connectivity index (χ2n) is 5.57. The van der Waals surface area contributed by atoms with Crippen LogP contribution in [0.5, 0.6) is 0 Å². The Hall–Kier alpha value is -1.36. The van der Waals surface area contributed by atoms with E-state index in [4.69, 9.17) is 0 Å². The first-order chi connectivity index (χ1) is 8.99. The zero-order valence-corrected chi connectivity index (χ0v) is 12.3. The minimum absolute atomic E-state index is 0.0110. The molecule has 2 rings (SSSR count). The zero-order chi connectivity index (χ0) is 14.0. The van der Waals surface area contributed by atoms with E-state index in [1.807, 2.05) is 20.9 Å². The van der Waals surface area contributed by atoms with Crippen molar-refractivity contribution in [3.8, 4) is 0 Å². The fourth-order valence-corrected chi connectivity index (χ4v) is 2.81. The monoisotopic (exact) mass is 264 g/mol. The molecular formula is C14H24N4O. The number of carbonyl (C=O) groups excluding carboxylic acids is 1. The van der Waals surface area contributed by atoms with Crippen molar-refractivity contribution in [2.75, 3.05) is 6.54 Å². The predicted octanol–water partition coefficient (Wildman–Crippen LogP) is 1.30. The zero-order valence-electron chi connectivity index (χ0n) is 12.3. The van der Waals surface area contributed by atoms with Crippen LogP contribution in [0.25, 0.3) is 0 Å². The molecule has 19 heavy (non-hydrogen) atoms. The molecule has 2 atom stereocenters. The van der Waals surface area contributed by atoms with E-state index >= 15 is 0 Å². The number of rotatable bonds is 3. The van der Waals surface area contributed by atoms with Crippen molar-refractivity contribution in [1.29, 1.82) is 0 Å². The van der Waals surface area contributed by atoms with Crippen molar-refractivity contribution in [3.63, 3.8) is 0 Å². The highest BCUT2D eigenvalue weighted by molar-refractivity contribution is 5.96. The van der Waals surface area contributed by atoms with Crippen molar-refractivity contribution in [3.05, 3.63) is 17.0 Å². The smallest absolute Gasteiger partial charge is 0.255 e. The van der Waals surface area contributed by atoms with Gasteiger partial charge in [0, 0.05) is 31.4 Å². The number of nitrogens with one attached hydrogen (secondary N) is 2. The van der Waals surface area contributed by atoms with Crippen LogP contribution in [-0.2, 0) is 7.05 Å². The summed E-state index contributed by atoms with van der Waals surface area (Å²) in [5, 5.41) is 10.8. The van der Waals surface area contributed by atoms with Gasteiger partial charge in [0.15, 0.2) is 0 Å². The van der Waals surface area contributed by atoms with E-state index in [1.165, 1.54) is 12.8 Å². The van der Waals surface area contributed by atoms with Crippen LogP contribution in [0, 0.1) is 13.8 Å². The number of hydrogen-bond donors (Lipinski definition) is 2. The molecular weight excluding hydrogens is 240 g/mol. The number of aryl methyl sites for hydroxylation is 2. The maximum absolute atomic E-state index is 12.2. The third-order valence-corrected chi connectivity index (χ3v) is 3.96. The van der Waals surface area contributed by atoms with Gasteiger partial charge < -0.3 is 10.6 Å². The van der Waals surface area contributed by atoms with Gasteiger partial charge in [-0.25, -0.2) is 0 Å². The number of piperidine rings is 1. The van der Waals surface area contributed by atoms with Crippen LogP contribution in [0.2, 0.25) is 0 Å². The van der Waals surface area contributed by atoms with Gasteiger partial charge in [-0.15, -0.1) is 0 Å². The molecule has 106 valence electrons. The molecule has 1 saturated heterocycles. The number of nitrogens with zero attached hydrogens (tertiary/aromatic N) is 2. The van der Waals surface area contributed by atoms with Gasteiger partial charge in [-0.1, -0.05) is 6.42 Å². The average Bonchev–Trinajstić information content (AvgIpc) is 2.61. The minimum atomic E-state index is -0.0110. The maximum atomic E-state index is 12.2. The molecule has 1 fully saturated rings. The summed E-state index contributed by atoms with van der Waals surface area (Å²) in [5.41, 5.74) is 2.42. The molecule has 1 amide bonds. The Morgan fingerprint density at radius 3 is 2.79 bits per heavy atom. The molecule has 0 radical (unpaired) electrons. The molecule has 0 bridgehead atoms. The first-order valence-electron chi connectivity index (χ1n) is 7.03. The second-order valence-corrected chi connectivity index (χ2v) is 5.57. The first-order valence-corrected chi connectivity index (χ1v) is 7.03. The van der Waals surface area contributed by atoms with Crippen molar-refractivity contribution >= 4 is 5.91 Å². The predicted molar refractivity (Wildman–Crippen MR) is 75.3 cm³/mol. The highest BCUT2D eigenvalue weighted by atomic mass is 16.1. The van der Waals surface area contributed by atoms with Gasteiger partial charge in [-0.3, -0.25) is 9.48 Å². The standard InChI is InChI=1S/C14H24N4O/c1-9-6-5-7-12(16-9)8-15-14(19)13-10(2)17-18(4)11(13)3/h9,12,16H,5-8H2,1-4H3,(H,15,19). The van der Waals surface area contributed by atoms with Crippen molar-refractivity contribution in [1.82, 2.24) is 20.4 Å². The van der Waals surface area contributed by atoms with Crippen LogP contribution in [0.1, 0.15) is 47.9 Å². The summed E-state index contributed by atoms with van der Waals surface area (Å²) in [5.74, 6) is -0.0110. The van der Waals surface area contributed by atoms with E-state index in [-0.39, 0.29) is 5.91 Å². The van der Waals surface area contributed by atoms with Crippen molar-refractivity contribution < 1.29 is 4.79 Å². The minimum Gasteiger partial charge on any atom is -0.350 e. The summed E-state index contributed by atoms with van der Waals surface area (Å²) in [4.78, 5) is 12.2. The van der Waals surface area contributed by atoms with Crippen molar-refractivity contribution in [2.24, 2.45) is 7.05 Å². The highest BCUT2D eigenvalue weighted by Crippen LogP contribution is 2.13. The van der Waals surface area contributed by atoms with Crippen LogP contribution in [0.4, 0.5) is 0 Å². The lowest BCUT2D eigenvalue weighted by atomic mass is 9.99. The summed E-state index contributed by atoms with van der Waals surface area (Å²) in [6.45, 7) is 6.69. The molecule has 0 aliphatic carbocycles. The molecule has 2 N–H and O–H groups in total. The Labute approximate surface area is 114 Å². The number of aromatic nitrogens is 2. The Morgan fingerprint density at radius 2 is 2.21 bits per heavy atom. The number of carbonyl (C=O) groups is 1. The molecule has 0 aromatic carbocycles. The van der Waals surface area contributed by atoms with Crippen LogP contribution < -0.4 is 10.6 Å². The second kappa shape index (κ2) is 5.74. The van der Waals surface area contributed by atoms with Crippen molar-refractivity contribution in [2.45, 2.75) is 52.1 Å². The van der Waals surface area contributed by atoms with E-state index in [9.17, 15) is 4.79 Å². The Balaban J connectivity index is 1.94. The van der Waals surface area contributed by atoms with Gasteiger partial charge in [0.2, 0.25) is 0 Å². The molecule has 2 heterocycles.